The molecule has 0 amide bonds. The second-order valence-electron chi connectivity index (χ2n) is 10.7. The standard InChI is InChI=1S/C30H47NO9/c1-8-19(4)13-27(32)39-25-12-11-23(16-26(25)40-28(33)14-20(5)9-2)15-24(29(34)35)31-17-22(7)38-30(36)37-18-21(6)10-3/h11-12,16,19-22,24,31H,8-10,13-15,17-18H2,1-7H3,(H,34,35)/t19?,20?,21?,22?,24-/m0/s1. The quantitative estimate of drug-likeness (QED) is 0.172. The molecule has 0 aromatic heterocycles. The zero-order valence-electron chi connectivity index (χ0n) is 25.0. The van der Waals surface area contributed by atoms with Crippen LogP contribution in [-0.4, -0.2) is 54.5 Å². The first-order valence-electron chi connectivity index (χ1n) is 14.2. The van der Waals surface area contributed by atoms with E-state index in [1.165, 1.54) is 12.1 Å². The third kappa shape index (κ3) is 13.8. The number of nitrogens with one attached hydrogen (secondary N) is 1. The van der Waals surface area contributed by atoms with Gasteiger partial charge in [0.15, 0.2) is 11.5 Å². The Hall–Kier alpha value is -3.14. The summed E-state index contributed by atoms with van der Waals surface area (Å²) in [6.45, 7) is 13.7. The van der Waals surface area contributed by atoms with Gasteiger partial charge < -0.3 is 29.4 Å². The van der Waals surface area contributed by atoms with Crippen molar-refractivity contribution in [3.63, 3.8) is 0 Å². The molecule has 0 heterocycles. The topological polar surface area (TPSA) is 137 Å². The molecular weight excluding hydrogens is 518 g/mol. The molecule has 0 spiro atoms. The number of esters is 2. The van der Waals surface area contributed by atoms with E-state index in [4.69, 9.17) is 18.9 Å². The summed E-state index contributed by atoms with van der Waals surface area (Å²) in [5, 5.41) is 12.7. The van der Waals surface area contributed by atoms with E-state index in [0.29, 0.717) is 5.56 Å². The van der Waals surface area contributed by atoms with Crippen molar-refractivity contribution in [2.45, 2.75) is 99.1 Å². The van der Waals surface area contributed by atoms with Crippen molar-refractivity contribution in [3.8, 4) is 11.5 Å². The molecule has 4 unspecified atom stereocenters. The van der Waals surface area contributed by atoms with Crippen LogP contribution in [0.4, 0.5) is 4.79 Å². The molecule has 0 aliphatic carbocycles. The lowest BCUT2D eigenvalue weighted by Gasteiger charge is -2.19. The number of carboxylic acids is 1. The van der Waals surface area contributed by atoms with E-state index in [2.05, 4.69) is 5.32 Å². The number of carbonyl (C=O) groups excluding carboxylic acids is 3. The fraction of sp³-hybridized carbons (Fsp3) is 0.667. The van der Waals surface area contributed by atoms with Gasteiger partial charge in [-0.1, -0.05) is 66.9 Å². The van der Waals surface area contributed by atoms with Crippen molar-refractivity contribution < 1.29 is 43.2 Å². The van der Waals surface area contributed by atoms with Gasteiger partial charge in [0, 0.05) is 19.4 Å². The highest BCUT2D eigenvalue weighted by Gasteiger charge is 2.23. The van der Waals surface area contributed by atoms with Crippen LogP contribution in [0.15, 0.2) is 18.2 Å². The number of benzene rings is 1. The zero-order valence-corrected chi connectivity index (χ0v) is 25.0. The summed E-state index contributed by atoms with van der Waals surface area (Å²) >= 11 is 0. The second-order valence-corrected chi connectivity index (χ2v) is 10.7. The third-order valence-corrected chi connectivity index (χ3v) is 6.75. The lowest BCUT2D eigenvalue weighted by Crippen LogP contribution is -2.42. The number of carbonyl (C=O) groups is 4. The minimum absolute atomic E-state index is 0.0392. The largest absolute Gasteiger partial charge is 0.508 e. The van der Waals surface area contributed by atoms with Crippen LogP contribution in [0, 0.1) is 17.8 Å². The summed E-state index contributed by atoms with van der Waals surface area (Å²) < 4.78 is 21.3. The Kier molecular flexibility index (Phi) is 15.9. The number of carboxylic acid groups (broad SMARTS) is 1. The van der Waals surface area contributed by atoms with E-state index >= 15 is 0 Å². The summed E-state index contributed by atoms with van der Waals surface area (Å²) in [6.07, 6.45) is 1.50. The first-order valence-corrected chi connectivity index (χ1v) is 14.2. The number of rotatable bonds is 18. The van der Waals surface area contributed by atoms with Crippen LogP contribution in [0.25, 0.3) is 0 Å². The fourth-order valence-corrected chi connectivity index (χ4v) is 3.39. The van der Waals surface area contributed by atoms with Crippen LogP contribution < -0.4 is 14.8 Å². The van der Waals surface area contributed by atoms with Crippen LogP contribution >= 0.6 is 0 Å². The lowest BCUT2D eigenvalue weighted by atomic mass is 10.0. The number of hydrogen-bond donors (Lipinski definition) is 2. The molecule has 1 aromatic carbocycles. The summed E-state index contributed by atoms with van der Waals surface area (Å²) in [5.41, 5.74) is 0.550. The molecule has 0 saturated heterocycles. The van der Waals surface area contributed by atoms with Gasteiger partial charge >= 0.3 is 24.1 Å². The van der Waals surface area contributed by atoms with E-state index in [0.717, 1.165) is 19.3 Å². The second kappa shape index (κ2) is 18.3. The van der Waals surface area contributed by atoms with Gasteiger partial charge in [0.05, 0.1) is 6.61 Å². The monoisotopic (exact) mass is 565 g/mol. The SMILES string of the molecule is CCC(C)COC(=O)OC(C)CN[C@@H](Cc1ccc(OC(=O)CC(C)CC)c(OC(=O)CC(C)CC)c1)C(=O)O. The molecule has 5 atom stereocenters. The van der Waals surface area contributed by atoms with E-state index in [-0.39, 0.29) is 61.7 Å². The zero-order chi connectivity index (χ0) is 30.2. The molecule has 0 aliphatic rings. The summed E-state index contributed by atoms with van der Waals surface area (Å²) in [7, 11) is 0. The highest BCUT2D eigenvalue weighted by molar-refractivity contribution is 5.77. The van der Waals surface area contributed by atoms with Crippen LogP contribution in [0.5, 0.6) is 11.5 Å². The molecule has 0 radical (unpaired) electrons. The maximum absolute atomic E-state index is 12.5. The molecule has 1 rings (SSSR count). The summed E-state index contributed by atoms with van der Waals surface area (Å²) in [5.74, 6) is -1.38. The van der Waals surface area contributed by atoms with Gasteiger partial charge in [-0.25, -0.2) is 4.79 Å². The Labute approximate surface area is 238 Å². The average Bonchev–Trinajstić information content (AvgIpc) is 2.90. The van der Waals surface area contributed by atoms with Crippen LogP contribution in [0.1, 0.15) is 86.1 Å². The molecule has 0 fully saturated rings. The Morgan fingerprint density at radius 2 is 1.38 bits per heavy atom. The van der Waals surface area contributed by atoms with Gasteiger partial charge in [-0.2, -0.15) is 0 Å². The van der Waals surface area contributed by atoms with E-state index in [1.807, 2.05) is 41.5 Å². The van der Waals surface area contributed by atoms with Crippen molar-refractivity contribution in [2.75, 3.05) is 13.2 Å². The van der Waals surface area contributed by atoms with Gasteiger partial charge in [-0.15, -0.1) is 0 Å². The highest BCUT2D eigenvalue weighted by atomic mass is 16.7. The predicted octanol–water partition coefficient (Wildman–Crippen LogP) is 5.54. The first-order chi connectivity index (χ1) is 18.9. The normalized spacial score (nSPS) is 14.8. The Bertz CT molecular complexity index is 964. The van der Waals surface area contributed by atoms with Gasteiger partial charge in [-0.05, 0) is 48.8 Å². The molecule has 226 valence electrons. The average molecular weight is 566 g/mol. The van der Waals surface area contributed by atoms with Crippen LogP contribution in [0.3, 0.4) is 0 Å². The number of aliphatic carboxylic acids is 1. The van der Waals surface area contributed by atoms with E-state index in [9.17, 15) is 24.3 Å². The maximum Gasteiger partial charge on any atom is 0.508 e. The molecule has 0 aliphatic heterocycles. The Morgan fingerprint density at radius 1 is 0.825 bits per heavy atom. The molecular formula is C30H47NO9. The molecule has 1 aromatic rings. The molecule has 0 bridgehead atoms. The predicted molar refractivity (Wildman–Crippen MR) is 150 cm³/mol. The first kappa shape index (κ1) is 34.9. The summed E-state index contributed by atoms with van der Waals surface area (Å²) in [6, 6.07) is 3.63. The van der Waals surface area contributed by atoms with Gasteiger partial charge in [0.25, 0.3) is 0 Å². The molecule has 40 heavy (non-hydrogen) atoms. The van der Waals surface area contributed by atoms with Gasteiger partial charge in [0.2, 0.25) is 0 Å². The molecule has 0 saturated carbocycles. The van der Waals surface area contributed by atoms with Crippen molar-refractivity contribution in [2.24, 2.45) is 17.8 Å². The molecule has 10 heteroatoms. The number of hydrogen-bond acceptors (Lipinski definition) is 9. The van der Waals surface area contributed by atoms with E-state index < -0.39 is 36.2 Å². The van der Waals surface area contributed by atoms with Crippen LogP contribution in [0.2, 0.25) is 0 Å². The number of ether oxygens (including phenoxy) is 4. The van der Waals surface area contributed by atoms with Gasteiger partial charge in [-0.3, -0.25) is 14.4 Å². The molecule has 10 nitrogen and oxygen atoms in total. The van der Waals surface area contributed by atoms with Crippen molar-refractivity contribution in [3.05, 3.63) is 23.8 Å². The Morgan fingerprint density at radius 3 is 1.90 bits per heavy atom. The van der Waals surface area contributed by atoms with E-state index in [1.54, 1.807) is 13.0 Å². The summed E-state index contributed by atoms with van der Waals surface area (Å²) in [4.78, 5) is 48.8. The fourth-order valence-electron chi connectivity index (χ4n) is 3.39. The lowest BCUT2D eigenvalue weighted by molar-refractivity contribution is -0.139. The van der Waals surface area contributed by atoms with Crippen molar-refractivity contribution in [1.29, 1.82) is 0 Å². The third-order valence-electron chi connectivity index (χ3n) is 6.75. The Balaban J connectivity index is 2.96. The van der Waals surface area contributed by atoms with Crippen LogP contribution in [-0.2, 0) is 30.3 Å². The van der Waals surface area contributed by atoms with Crippen molar-refractivity contribution in [1.82, 2.24) is 5.32 Å². The minimum Gasteiger partial charge on any atom is -0.480 e. The minimum atomic E-state index is -1.11. The van der Waals surface area contributed by atoms with Crippen molar-refractivity contribution >= 4 is 24.1 Å². The maximum atomic E-state index is 12.5. The highest BCUT2D eigenvalue weighted by Crippen LogP contribution is 2.31. The molecule has 2 N–H and O–H groups in total. The smallest absolute Gasteiger partial charge is 0.480 e. The van der Waals surface area contributed by atoms with Gasteiger partial charge in [0.1, 0.15) is 12.1 Å².